The van der Waals surface area contributed by atoms with Gasteiger partial charge in [-0.15, -0.1) is 0 Å². The van der Waals surface area contributed by atoms with Crippen LogP contribution in [0.4, 0.5) is 11.4 Å². The fourth-order valence-corrected chi connectivity index (χ4v) is 3.35. The zero-order valence-electron chi connectivity index (χ0n) is 18.8. The number of methoxy groups -OCH3 is 2. The highest BCUT2D eigenvalue weighted by Crippen LogP contribution is 2.28. The summed E-state index contributed by atoms with van der Waals surface area (Å²) in [5.41, 5.74) is 5.31. The van der Waals surface area contributed by atoms with Crippen LogP contribution in [-0.2, 0) is 0 Å². The van der Waals surface area contributed by atoms with Crippen molar-refractivity contribution in [3.05, 3.63) is 96.1 Å². The van der Waals surface area contributed by atoms with E-state index in [1.807, 2.05) is 60.7 Å². The Morgan fingerprint density at radius 2 is 0.941 bits per heavy atom. The summed E-state index contributed by atoms with van der Waals surface area (Å²) < 4.78 is 10.1. The number of hydrogen-bond donors (Lipinski definition) is 2. The third kappa shape index (κ3) is 5.42. The lowest BCUT2D eigenvalue weighted by molar-refractivity contribution is 0.373. The maximum Gasteiger partial charge on any atom is 0.160 e. The first kappa shape index (κ1) is 22.6. The lowest BCUT2D eigenvalue weighted by Crippen LogP contribution is -1.86. The topological polar surface area (TPSA) is 83.6 Å². The molecule has 0 saturated carbocycles. The molecule has 6 nitrogen and oxygen atoms in total. The minimum Gasteiger partial charge on any atom is -0.504 e. The van der Waals surface area contributed by atoms with Crippen LogP contribution >= 0.6 is 0 Å². The summed E-state index contributed by atoms with van der Waals surface area (Å²) in [7, 11) is 3.03. The van der Waals surface area contributed by atoms with Gasteiger partial charge in [0, 0.05) is 12.4 Å². The van der Waals surface area contributed by atoms with E-state index in [4.69, 9.17) is 9.47 Å². The maximum absolute atomic E-state index is 9.88. The summed E-state index contributed by atoms with van der Waals surface area (Å²) in [5, 5.41) is 19.8. The molecular weight excluding hydrogens is 428 g/mol. The predicted molar refractivity (Wildman–Crippen MR) is 136 cm³/mol. The Bertz CT molecular complexity index is 1220. The average Bonchev–Trinajstić information content (AvgIpc) is 2.87. The van der Waals surface area contributed by atoms with Crippen molar-refractivity contribution in [1.29, 1.82) is 0 Å². The molecule has 0 fully saturated rings. The van der Waals surface area contributed by atoms with E-state index in [-0.39, 0.29) is 11.5 Å². The Morgan fingerprint density at radius 1 is 0.559 bits per heavy atom. The molecule has 4 aromatic carbocycles. The van der Waals surface area contributed by atoms with E-state index in [1.54, 1.807) is 36.7 Å². The molecule has 0 amide bonds. The predicted octanol–water partition coefficient (Wildman–Crippen LogP) is 6.28. The number of aromatic hydroxyl groups is 2. The molecule has 0 bridgehead atoms. The molecule has 170 valence electrons. The molecule has 0 aliphatic heterocycles. The number of rotatable bonds is 7. The molecule has 2 N–H and O–H groups in total. The van der Waals surface area contributed by atoms with Crippen molar-refractivity contribution in [3.8, 4) is 34.1 Å². The zero-order chi connectivity index (χ0) is 23.9. The van der Waals surface area contributed by atoms with E-state index in [0.29, 0.717) is 11.5 Å². The van der Waals surface area contributed by atoms with Gasteiger partial charge in [0.2, 0.25) is 0 Å². The first-order chi connectivity index (χ1) is 16.6. The molecule has 4 aromatic rings. The Balaban J connectivity index is 1.42. The van der Waals surface area contributed by atoms with Gasteiger partial charge in [0.05, 0.1) is 25.6 Å². The van der Waals surface area contributed by atoms with Crippen molar-refractivity contribution in [2.24, 2.45) is 9.98 Å². The molecule has 0 heterocycles. The van der Waals surface area contributed by atoms with E-state index in [1.165, 1.54) is 14.2 Å². The van der Waals surface area contributed by atoms with Crippen LogP contribution in [0.1, 0.15) is 11.1 Å². The highest BCUT2D eigenvalue weighted by atomic mass is 16.5. The Morgan fingerprint density at radius 3 is 1.26 bits per heavy atom. The summed E-state index contributed by atoms with van der Waals surface area (Å²) in [4.78, 5) is 8.94. The average molecular weight is 453 g/mol. The fraction of sp³-hybridized carbons (Fsp3) is 0.0714. The third-order valence-electron chi connectivity index (χ3n) is 5.20. The number of aliphatic imine (C=N–C) groups is 2. The molecule has 0 atom stereocenters. The summed E-state index contributed by atoms with van der Waals surface area (Å²) in [6.45, 7) is 0. The number of phenols is 2. The number of ether oxygens (including phenoxy) is 2. The largest absolute Gasteiger partial charge is 0.504 e. The molecule has 0 unspecified atom stereocenters. The monoisotopic (exact) mass is 452 g/mol. The van der Waals surface area contributed by atoms with Gasteiger partial charge in [-0.2, -0.15) is 0 Å². The van der Waals surface area contributed by atoms with Crippen LogP contribution in [0.25, 0.3) is 11.1 Å². The molecular formula is C28H24N2O4. The molecule has 0 saturated heterocycles. The van der Waals surface area contributed by atoms with Gasteiger partial charge >= 0.3 is 0 Å². The van der Waals surface area contributed by atoms with Gasteiger partial charge < -0.3 is 19.7 Å². The number of phenolic OH excluding ortho intramolecular Hbond substituents is 2. The van der Waals surface area contributed by atoms with Crippen molar-refractivity contribution in [2.45, 2.75) is 0 Å². The standard InChI is InChI=1S/C28H24N2O4/c1-33-27-13-3-19(15-25(27)31)17-29-23-9-5-21(6-10-23)22-7-11-24(12-8-22)30-18-20-4-14-28(34-2)26(32)16-20/h3-18,31-32H,1-2H3. The van der Waals surface area contributed by atoms with Gasteiger partial charge in [-0.05, 0) is 82.9 Å². The van der Waals surface area contributed by atoms with Crippen LogP contribution in [0.5, 0.6) is 23.0 Å². The highest BCUT2D eigenvalue weighted by Gasteiger charge is 2.03. The molecule has 6 heteroatoms. The fourth-order valence-electron chi connectivity index (χ4n) is 3.35. The van der Waals surface area contributed by atoms with Crippen molar-refractivity contribution < 1.29 is 19.7 Å². The van der Waals surface area contributed by atoms with Gasteiger partial charge in [0.15, 0.2) is 23.0 Å². The summed E-state index contributed by atoms with van der Waals surface area (Å²) >= 11 is 0. The normalized spacial score (nSPS) is 11.2. The van der Waals surface area contributed by atoms with E-state index >= 15 is 0 Å². The van der Waals surface area contributed by atoms with Crippen molar-refractivity contribution in [1.82, 2.24) is 0 Å². The van der Waals surface area contributed by atoms with E-state index in [2.05, 4.69) is 9.98 Å². The van der Waals surface area contributed by atoms with Crippen LogP contribution < -0.4 is 9.47 Å². The van der Waals surface area contributed by atoms with Crippen molar-refractivity contribution in [2.75, 3.05) is 14.2 Å². The lowest BCUT2D eigenvalue weighted by Gasteiger charge is -2.04. The van der Waals surface area contributed by atoms with Gasteiger partial charge in [0.25, 0.3) is 0 Å². The summed E-state index contributed by atoms with van der Waals surface area (Å²) in [6.07, 6.45) is 3.40. The Hall–Kier alpha value is -4.58. The molecule has 0 aliphatic rings. The molecule has 0 aromatic heterocycles. The molecule has 0 radical (unpaired) electrons. The quantitative estimate of drug-likeness (QED) is 0.323. The van der Waals surface area contributed by atoms with Crippen LogP contribution in [0.2, 0.25) is 0 Å². The minimum absolute atomic E-state index is 0.0803. The number of nitrogens with zero attached hydrogens (tertiary/aromatic N) is 2. The second kappa shape index (κ2) is 10.4. The SMILES string of the molecule is COc1ccc(C=Nc2ccc(-c3ccc(N=Cc4ccc(OC)c(O)c4)cc3)cc2)cc1O. The van der Waals surface area contributed by atoms with Crippen LogP contribution in [0, 0.1) is 0 Å². The van der Waals surface area contributed by atoms with Crippen LogP contribution in [-0.4, -0.2) is 36.9 Å². The van der Waals surface area contributed by atoms with Gasteiger partial charge in [-0.1, -0.05) is 24.3 Å². The lowest BCUT2D eigenvalue weighted by atomic mass is 10.1. The molecule has 4 rings (SSSR count). The van der Waals surface area contributed by atoms with E-state index < -0.39 is 0 Å². The van der Waals surface area contributed by atoms with Crippen LogP contribution in [0.3, 0.4) is 0 Å². The third-order valence-corrected chi connectivity index (χ3v) is 5.20. The minimum atomic E-state index is 0.0803. The van der Waals surface area contributed by atoms with Gasteiger partial charge in [-0.25, -0.2) is 0 Å². The Kier molecular flexibility index (Phi) is 6.89. The number of benzene rings is 4. The van der Waals surface area contributed by atoms with Gasteiger partial charge in [-0.3, -0.25) is 9.98 Å². The van der Waals surface area contributed by atoms with Crippen molar-refractivity contribution >= 4 is 23.8 Å². The Labute approximate surface area is 198 Å². The van der Waals surface area contributed by atoms with Crippen LogP contribution in [0.15, 0.2) is 94.9 Å². The van der Waals surface area contributed by atoms with Gasteiger partial charge in [0.1, 0.15) is 0 Å². The first-order valence-electron chi connectivity index (χ1n) is 10.6. The second-order valence-electron chi connectivity index (χ2n) is 7.47. The second-order valence-corrected chi connectivity index (χ2v) is 7.47. The molecule has 0 spiro atoms. The van der Waals surface area contributed by atoms with E-state index in [0.717, 1.165) is 33.6 Å². The maximum atomic E-state index is 9.88. The summed E-state index contributed by atoms with van der Waals surface area (Å²) in [5.74, 6) is 1.02. The number of hydrogen-bond acceptors (Lipinski definition) is 6. The molecule has 0 aliphatic carbocycles. The first-order valence-corrected chi connectivity index (χ1v) is 10.6. The zero-order valence-corrected chi connectivity index (χ0v) is 18.8. The highest BCUT2D eigenvalue weighted by molar-refractivity contribution is 5.84. The van der Waals surface area contributed by atoms with E-state index in [9.17, 15) is 10.2 Å². The molecule has 34 heavy (non-hydrogen) atoms. The van der Waals surface area contributed by atoms with Crippen molar-refractivity contribution in [3.63, 3.8) is 0 Å². The summed E-state index contributed by atoms with van der Waals surface area (Å²) in [6, 6.07) is 26.1. The smallest absolute Gasteiger partial charge is 0.160 e.